The van der Waals surface area contributed by atoms with E-state index in [0.29, 0.717) is 6.42 Å². The van der Waals surface area contributed by atoms with Crippen LogP contribution in [-0.2, 0) is 4.79 Å². The lowest BCUT2D eigenvalue weighted by Gasteiger charge is -2.04. The first-order chi connectivity index (χ1) is 7.81. The van der Waals surface area contributed by atoms with Gasteiger partial charge < -0.3 is 16.8 Å². The molecular weight excluding hydrogens is 202 g/mol. The maximum atomic E-state index is 11.3. The van der Waals surface area contributed by atoms with Crippen LogP contribution in [0.25, 0.3) is 0 Å². The predicted octanol–water partition coefficient (Wildman–Crippen LogP) is 1.14. The molecule has 0 atom stereocenters. The van der Waals surface area contributed by atoms with Crippen molar-refractivity contribution in [1.29, 1.82) is 0 Å². The Labute approximate surface area is 99.1 Å². The molecule has 0 heterocycles. The molecule has 0 aromatic heterocycles. The van der Waals surface area contributed by atoms with Crippen LogP contribution >= 0.6 is 0 Å². The maximum absolute atomic E-state index is 11.3. The van der Waals surface area contributed by atoms with Gasteiger partial charge in [0.15, 0.2) is 0 Å². The molecule has 0 aromatic carbocycles. The Morgan fingerprint density at radius 1 is 0.812 bits per heavy atom. The van der Waals surface area contributed by atoms with Gasteiger partial charge in [0.1, 0.15) is 0 Å². The zero-order chi connectivity index (χ0) is 12.1. The summed E-state index contributed by atoms with van der Waals surface area (Å²) in [4.78, 5) is 11.3. The highest BCUT2D eigenvalue weighted by atomic mass is 16.1. The second kappa shape index (κ2) is 12.5. The average Bonchev–Trinajstić information content (AvgIpc) is 2.29. The number of carbonyl (C=O) groups is 1. The molecule has 0 saturated carbocycles. The summed E-state index contributed by atoms with van der Waals surface area (Å²) in [6.07, 6.45) is 8.15. The number of carbonyl (C=O) groups excluding carboxylic acids is 1. The number of nitrogens with one attached hydrogen (secondary N) is 1. The molecule has 0 unspecified atom stereocenters. The summed E-state index contributed by atoms with van der Waals surface area (Å²) < 4.78 is 0. The molecule has 0 spiro atoms. The van der Waals surface area contributed by atoms with E-state index in [2.05, 4.69) is 5.32 Å². The van der Waals surface area contributed by atoms with E-state index in [-0.39, 0.29) is 5.91 Å². The summed E-state index contributed by atoms with van der Waals surface area (Å²) in [5, 5.41) is 2.94. The molecule has 0 aliphatic rings. The van der Waals surface area contributed by atoms with Crippen LogP contribution in [0.1, 0.15) is 51.4 Å². The normalized spacial score (nSPS) is 10.4. The third-order valence-electron chi connectivity index (χ3n) is 2.56. The number of hydrogen-bond acceptors (Lipinski definition) is 3. The molecule has 16 heavy (non-hydrogen) atoms. The zero-order valence-electron chi connectivity index (χ0n) is 10.3. The first-order valence-corrected chi connectivity index (χ1v) is 6.48. The summed E-state index contributed by atoms with van der Waals surface area (Å²) in [6, 6.07) is 0. The van der Waals surface area contributed by atoms with Gasteiger partial charge in [-0.3, -0.25) is 4.79 Å². The standard InChI is InChI=1S/C12H27N3O/c13-9-5-1-2-7-11-15-12(16)8-4-3-6-10-14/h1-11,13-14H2,(H,15,16). The highest BCUT2D eigenvalue weighted by molar-refractivity contribution is 5.75. The second-order valence-electron chi connectivity index (χ2n) is 4.15. The van der Waals surface area contributed by atoms with Gasteiger partial charge >= 0.3 is 0 Å². The Morgan fingerprint density at radius 2 is 1.38 bits per heavy atom. The average molecular weight is 229 g/mol. The summed E-state index contributed by atoms with van der Waals surface area (Å²) in [5.74, 6) is 0.177. The molecule has 0 radical (unpaired) electrons. The van der Waals surface area contributed by atoms with Gasteiger partial charge in [-0.05, 0) is 38.8 Å². The van der Waals surface area contributed by atoms with Gasteiger partial charge in [-0.15, -0.1) is 0 Å². The molecule has 0 saturated heterocycles. The van der Waals surface area contributed by atoms with E-state index >= 15 is 0 Å². The van der Waals surface area contributed by atoms with Crippen molar-refractivity contribution in [1.82, 2.24) is 5.32 Å². The highest BCUT2D eigenvalue weighted by Crippen LogP contribution is 1.99. The first kappa shape index (κ1) is 15.4. The lowest BCUT2D eigenvalue weighted by atomic mass is 10.1. The van der Waals surface area contributed by atoms with E-state index in [1.807, 2.05) is 0 Å². The van der Waals surface area contributed by atoms with Crippen LogP contribution in [0.5, 0.6) is 0 Å². The molecule has 0 bridgehead atoms. The molecule has 5 N–H and O–H groups in total. The monoisotopic (exact) mass is 229 g/mol. The SMILES string of the molecule is NCCCCCCNC(=O)CCCCCN. The minimum atomic E-state index is 0.177. The van der Waals surface area contributed by atoms with Crippen molar-refractivity contribution >= 4 is 5.91 Å². The molecular formula is C12H27N3O. The molecule has 1 amide bonds. The largest absolute Gasteiger partial charge is 0.356 e. The van der Waals surface area contributed by atoms with Gasteiger partial charge in [-0.1, -0.05) is 19.3 Å². The van der Waals surface area contributed by atoms with E-state index in [1.54, 1.807) is 0 Å². The Balaban J connectivity index is 3.11. The van der Waals surface area contributed by atoms with Gasteiger partial charge in [0.05, 0.1) is 0 Å². The van der Waals surface area contributed by atoms with Crippen LogP contribution < -0.4 is 16.8 Å². The number of unbranched alkanes of at least 4 members (excludes halogenated alkanes) is 5. The quantitative estimate of drug-likeness (QED) is 0.465. The van der Waals surface area contributed by atoms with Crippen LogP contribution in [-0.4, -0.2) is 25.5 Å². The van der Waals surface area contributed by atoms with Crippen molar-refractivity contribution in [2.75, 3.05) is 19.6 Å². The van der Waals surface area contributed by atoms with Gasteiger partial charge in [-0.2, -0.15) is 0 Å². The zero-order valence-corrected chi connectivity index (χ0v) is 10.3. The minimum absolute atomic E-state index is 0.177. The Kier molecular flexibility index (Phi) is 12.0. The molecule has 0 aliphatic carbocycles. The molecule has 96 valence electrons. The number of nitrogens with two attached hydrogens (primary N) is 2. The number of amides is 1. The van der Waals surface area contributed by atoms with Gasteiger partial charge in [0.2, 0.25) is 5.91 Å². The Hall–Kier alpha value is -0.610. The predicted molar refractivity (Wildman–Crippen MR) is 68.1 cm³/mol. The summed E-state index contributed by atoms with van der Waals surface area (Å²) in [6.45, 7) is 2.30. The van der Waals surface area contributed by atoms with Crippen LogP contribution in [0.15, 0.2) is 0 Å². The van der Waals surface area contributed by atoms with Crippen molar-refractivity contribution < 1.29 is 4.79 Å². The van der Waals surface area contributed by atoms with Crippen LogP contribution in [0.4, 0.5) is 0 Å². The topological polar surface area (TPSA) is 81.1 Å². The van der Waals surface area contributed by atoms with Gasteiger partial charge in [0.25, 0.3) is 0 Å². The fraction of sp³-hybridized carbons (Fsp3) is 0.917. The maximum Gasteiger partial charge on any atom is 0.219 e. The minimum Gasteiger partial charge on any atom is -0.356 e. The van der Waals surface area contributed by atoms with E-state index in [9.17, 15) is 4.79 Å². The van der Waals surface area contributed by atoms with Crippen LogP contribution in [0.3, 0.4) is 0 Å². The number of rotatable bonds is 11. The van der Waals surface area contributed by atoms with Crippen molar-refractivity contribution in [3.05, 3.63) is 0 Å². The number of hydrogen-bond donors (Lipinski definition) is 3. The lowest BCUT2D eigenvalue weighted by molar-refractivity contribution is -0.121. The van der Waals surface area contributed by atoms with Crippen molar-refractivity contribution in [3.8, 4) is 0 Å². The van der Waals surface area contributed by atoms with Crippen molar-refractivity contribution in [2.45, 2.75) is 51.4 Å². The van der Waals surface area contributed by atoms with Crippen LogP contribution in [0.2, 0.25) is 0 Å². The summed E-state index contributed by atoms with van der Waals surface area (Å²) in [5.41, 5.74) is 10.8. The third-order valence-corrected chi connectivity index (χ3v) is 2.56. The van der Waals surface area contributed by atoms with E-state index in [1.165, 1.54) is 6.42 Å². The molecule has 0 rings (SSSR count). The first-order valence-electron chi connectivity index (χ1n) is 6.48. The van der Waals surface area contributed by atoms with Crippen molar-refractivity contribution in [2.24, 2.45) is 11.5 Å². The van der Waals surface area contributed by atoms with Gasteiger partial charge in [-0.25, -0.2) is 0 Å². The van der Waals surface area contributed by atoms with E-state index in [0.717, 1.165) is 58.2 Å². The molecule has 0 fully saturated rings. The Morgan fingerprint density at radius 3 is 2.00 bits per heavy atom. The summed E-state index contributed by atoms with van der Waals surface area (Å²) >= 11 is 0. The lowest BCUT2D eigenvalue weighted by Crippen LogP contribution is -2.24. The third kappa shape index (κ3) is 11.5. The van der Waals surface area contributed by atoms with Gasteiger partial charge in [0, 0.05) is 13.0 Å². The fourth-order valence-corrected chi connectivity index (χ4v) is 1.55. The van der Waals surface area contributed by atoms with Crippen LogP contribution in [0, 0.1) is 0 Å². The smallest absolute Gasteiger partial charge is 0.219 e. The second-order valence-corrected chi connectivity index (χ2v) is 4.15. The summed E-state index contributed by atoms with van der Waals surface area (Å²) in [7, 11) is 0. The molecule has 4 heteroatoms. The molecule has 4 nitrogen and oxygen atoms in total. The molecule has 0 aliphatic heterocycles. The highest BCUT2D eigenvalue weighted by Gasteiger charge is 1.99. The van der Waals surface area contributed by atoms with E-state index < -0.39 is 0 Å². The molecule has 0 aromatic rings. The van der Waals surface area contributed by atoms with Crippen molar-refractivity contribution in [3.63, 3.8) is 0 Å². The fourth-order valence-electron chi connectivity index (χ4n) is 1.55. The Bertz CT molecular complexity index is 162. The van der Waals surface area contributed by atoms with E-state index in [4.69, 9.17) is 11.5 Å².